The van der Waals surface area contributed by atoms with Crippen LogP contribution in [0.25, 0.3) is 0 Å². The van der Waals surface area contributed by atoms with E-state index >= 15 is 0 Å². The lowest BCUT2D eigenvalue weighted by Gasteiger charge is -2.10. The van der Waals surface area contributed by atoms with Gasteiger partial charge in [-0.3, -0.25) is 14.6 Å². The third-order valence-corrected chi connectivity index (χ3v) is 4.27. The van der Waals surface area contributed by atoms with Crippen LogP contribution in [0.4, 0.5) is 5.69 Å². The lowest BCUT2D eigenvalue weighted by molar-refractivity contribution is 0.0956. The first-order valence-corrected chi connectivity index (χ1v) is 8.75. The number of pyridine rings is 1. The van der Waals surface area contributed by atoms with Crippen molar-refractivity contribution in [3.05, 3.63) is 94.8 Å². The van der Waals surface area contributed by atoms with Crippen molar-refractivity contribution in [1.82, 2.24) is 10.4 Å². The summed E-state index contributed by atoms with van der Waals surface area (Å²) in [6, 6.07) is 15.9. The minimum absolute atomic E-state index is 0. The van der Waals surface area contributed by atoms with E-state index in [1.807, 2.05) is 32.0 Å². The Morgan fingerprint density at radius 1 is 0.931 bits per heavy atom. The summed E-state index contributed by atoms with van der Waals surface area (Å²) in [5.41, 5.74) is 6.93. The van der Waals surface area contributed by atoms with Gasteiger partial charge < -0.3 is 5.32 Å². The SMILES string of the molecule is Cc1ccc(C=NNC(=O)c2ccccc2NC(=O)c2ccncc2)cc1C.Cl. The van der Waals surface area contributed by atoms with Gasteiger partial charge in [-0.2, -0.15) is 5.10 Å². The number of para-hydroxylation sites is 1. The first-order valence-electron chi connectivity index (χ1n) is 8.75. The predicted molar refractivity (Wildman–Crippen MR) is 117 cm³/mol. The largest absolute Gasteiger partial charge is 0.321 e. The Morgan fingerprint density at radius 2 is 1.66 bits per heavy atom. The highest BCUT2D eigenvalue weighted by molar-refractivity contribution is 6.09. The number of anilines is 1. The quantitative estimate of drug-likeness (QED) is 0.491. The lowest BCUT2D eigenvalue weighted by Crippen LogP contribution is -2.21. The highest BCUT2D eigenvalue weighted by Gasteiger charge is 2.13. The number of nitrogens with zero attached hydrogens (tertiary/aromatic N) is 2. The molecule has 1 aromatic heterocycles. The van der Waals surface area contributed by atoms with Crippen LogP contribution in [0.3, 0.4) is 0 Å². The third kappa shape index (κ3) is 5.73. The van der Waals surface area contributed by atoms with Gasteiger partial charge in [0.1, 0.15) is 0 Å². The summed E-state index contributed by atoms with van der Waals surface area (Å²) in [4.78, 5) is 28.7. The molecule has 0 saturated heterocycles. The second-order valence-electron chi connectivity index (χ2n) is 6.28. The minimum atomic E-state index is -0.411. The van der Waals surface area contributed by atoms with Crippen LogP contribution in [0.5, 0.6) is 0 Å². The Kier molecular flexibility index (Phi) is 7.62. The highest BCUT2D eigenvalue weighted by atomic mass is 35.5. The molecule has 2 aromatic carbocycles. The molecule has 0 spiro atoms. The average molecular weight is 409 g/mol. The molecule has 0 atom stereocenters. The van der Waals surface area contributed by atoms with Gasteiger partial charge in [0.15, 0.2) is 0 Å². The maximum absolute atomic E-state index is 12.5. The number of carbonyl (C=O) groups excluding carboxylic acids is 2. The molecule has 0 aliphatic heterocycles. The summed E-state index contributed by atoms with van der Waals surface area (Å²) < 4.78 is 0. The normalized spacial score (nSPS) is 10.3. The van der Waals surface area contributed by atoms with E-state index in [1.54, 1.807) is 42.6 Å². The molecule has 2 N–H and O–H groups in total. The molecule has 3 aromatic rings. The van der Waals surface area contributed by atoms with Crippen molar-refractivity contribution in [2.24, 2.45) is 5.10 Å². The standard InChI is InChI=1S/C22H20N4O2.ClH/c1-15-7-8-17(13-16(15)2)14-24-26-22(28)19-5-3-4-6-20(19)25-21(27)18-9-11-23-12-10-18;/h3-14H,1-2H3,(H,25,27)(H,26,28);1H. The van der Waals surface area contributed by atoms with Crippen LogP contribution in [0.15, 0.2) is 72.1 Å². The van der Waals surface area contributed by atoms with Gasteiger partial charge in [-0.05, 0) is 54.8 Å². The molecule has 0 saturated carbocycles. The average Bonchev–Trinajstić information content (AvgIpc) is 2.71. The topological polar surface area (TPSA) is 83.5 Å². The molecule has 2 amide bonds. The second-order valence-corrected chi connectivity index (χ2v) is 6.28. The molecular weight excluding hydrogens is 388 g/mol. The number of carbonyl (C=O) groups is 2. The number of hydrazone groups is 1. The Morgan fingerprint density at radius 3 is 2.38 bits per heavy atom. The fraction of sp³-hybridized carbons (Fsp3) is 0.0909. The van der Waals surface area contributed by atoms with E-state index in [-0.39, 0.29) is 18.3 Å². The van der Waals surface area contributed by atoms with Crippen LogP contribution in [0.1, 0.15) is 37.4 Å². The summed E-state index contributed by atoms with van der Waals surface area (Å²) in [5, 5.41) is 6.77. The zero-order chi connectivity index (χ0) is 19.9. The maximum atomic E-state index is 12.5. The summed E-state index contributed by atoms with van der Waals surface area (Å²) in [5.74, 6) is -0.730. The van der Waals surface area contributed by atoms with Crippen molar-refractivity contribution in [3.8, 4) is 0 Å². The van der Waals surface area contributed by atoms with E-state index in [4.69, 9.17) is 0 Å². The summed E-state index contributed by atoms with van der Waals surface area (Å²) in [7, 11) is 0. The monoisotopic (exact) mass is 408 g/mol. The molecule has 6 nitrogen and oxygen atoms in total. The molecule has 29 heavy (non-hydrogen) atoms. The fourth-order valence-electron chi connectivity index (χ4n) is 2.56. The van der Waals surface area contributed by atoms with Crippen molar-refractivity contribution in [2.75, 3.05) is 5.32 Å². The van der Waals surface area contributed by atoms with Crippen molar-refractivity contribution in [3.63, 3.8) is 0 Å². The maximum Gasteiger partial charge on any atom is 0.273 e. The molecule has 0 bridgehead atoms. The van der Waals surface area contributed by atoms with Gasteiger partial charge in [-0.25, -0.2) is 5.43 Å². The zero-order valence-electron chi connectivity index (χ0n) is 16.0. The smallest absolute Gasteiger partial charge is 0.273 e. The fourth-order valence-corrected chi connectivity index (χ4v) is 2.56. The summed E-state index contributed by atoms with van der Waals surface area (Å²) in [6.07, 6.45) is 4.66. The first-order chi connectivity index (χ1) is 13.5. The van der Waals surface area contributed by atoms with Gasteiger partial charge in [-0.15, -0.1) is 12.4 Å². The van der Waals surface area contributed by atoms with Crippen molar-refractivity contribution in [1.29, 1.82) is 0 Å². The minimum Gasteiger partial charge on any atom is -0.321 e. The number of rotatable bonds is 5. The number of hydrogen-bond acceptors (Lipinski definition) is 4. The van der Waals surface area contributed by atoms with Crippen LogP contribution in [-0.4, -0.2) is 23.0 Å². The first kappa shape index (κ1) is 21.8. The number of halogens is 1. The predicted octanol–water partition coefficient (Wildman–Crippen LogP) is 4.14. The number of amides is 2. The number of nitrogens with one attached hydrogen (secondary N) is 2. The van der Waals surface area contributed by atoms with Gasteiger partial charge >= 0.3 is 0 Å². The lowest BCUT2D eigenvalue weighted by atomic mass is 10.1. The van der Waals surface area contributed by atoms with Crippen LogP contribution < -0.4 is 10.7 Å². The molecule has 0 fully saturated rings. The van der Waals surface area contributed by atoms with Gasteiger partial charge in [0, 0.05) is 18.0 Å². The second kappa shape index (κ2) is 10.1. The van der Waals surface area contributed by atoms with Gasteiger partial charge in [0.05, 0.1) is 17.5 Å². The van der Waals surface area contributed by atoms with Crippen LogP contribution in [-0.2, 0) is 0 Å². The zero-order valence-corrected chi connectivity index (χ0v) is 16.9. The van der Waals surface area contributed by atoms with E-state index in [0.717, 1.165) is 11.1 Å². The summed E-state index contributed by atoms with van der Waals surface area (Å²) >= 11 is 0. The van der Waals surface area contributed by atoms with Crippen molar-refractivity contribution in [2.45, 2.75) is 13.8 Å². The number of aryl methyl sites for hydroxylation is 2. The molecular formula is C22H21ClN4O2. The highest BCUT2D eigenvalue weighted by Crippen LogP contribution is 2.16. The number of hydrogen-bond donors (Lipinski definition) is 2. The van der Waals surface area contributed by atoms with Gasteiger partial charge in [0.2, 0.25) is 0 Å². The third-order valence-electron chi connectivity index (χ3n) is 4.27. The van der Waals surface area contributed by atoms with Crippen LogP contribution in [0.2, 0.25) is 0 Å². The summed E-state index contributed by atoms with van der Waals surface area (Å²) in [6.45, 7) is 4.06. The Hall–Kier alpha value is -3.51. The van der Waals surface area contributed by atoms with E-state index in [1.165, 1.54) is 18.0 Å². The Balaban J connectivity index is 0.00000300. The molecule has 0 unspecified atom stereocenters. The molecule has 0 radical (unpaired) electrons. The van der Waals surface area contributed by atoms with Crippen molar-refractivity contribution >= 4 is 36.1 Å². The van der Waals surface area contributed by atoms with E-state index in [0.29, 0.717) is 16.8 Å². The Labute approximate surface area is 175 Å². The van der Waals surface area contributed by atoms with Gasteiger partial charge in [-0.1, -0.05) is 30.3 Å². The van der Waals surface area contributed by atoms with Crippen LogP contribution in [0, 0.1) is 13.8 Å². The van der Waals surface area contributed by atoms with Crippen LogP contribution >= 0.6 is 12.4 Å². The molecule has 0 aliphatic rings. The molecule has 3 rings (SSSR count). The van der Waals surface area contributed by atoms with E-state index in [2.05, 4.69) is 20.8 Å². The number of aromatic nitrogens is 1. The van der Waals surface area contributed by atoms with Crippen molar-refractivity contribution < 1.29 is 9.59 Å². The van der Waals surface area contributed by atoms with Gasteiger partial charge in [0.25, 0.3) is 11.8 Å². The Bertz CT molecular complexity index is 1040. The molecule has 1 heterocycles. The molecule has 148 valence electrons. The van der Waals surface area contributed by atoms with E-state index < -0.39 is 5.91 Å². The van der Waals surface area contributed by atoms with E-state index in [9.17, 15) is 9.59 Å². The molecule has 0 aliphatic carbocycles. The number of benzene rings is 2. The molecule has 7 heteroatoms.